The van der Waals surface area contributed by atoms with Crippen LogP contribution in [0.3, 0.4) is 0 Å². The zero-order valence-corrected chi connectivity index (χ0v) is 19.7. The topological polar surface area (TPSA) is 83.0 Å². The van der Waals surface area contributed by atoms with Gasteiger partial charge in [0.2, 0.25) is 11.0 Å². The molecule has 6 nitrogen and oxygen atoms in total. The van der Waals surface area contributed by atoms with Gasteiger partial charge in [-0.15, -0.1) is 0 Å². The number of pyridine rings is 1. The number of para-hydroxylation sites is 1. The molecule has 0 radical (unpaired) electrons. The van der Waals surface area contributed by atoms with Crippen molar-refractivity contribution in [2.24, 2.45) is 0 Å². The van der Waals surface area contributed by atoms with Crippen LogP contribution < -0.4 is 10.1 Å². The predicted octanol–water partition coefficient (Wildman–Crippen LogP) is 6.07. The molecule has 32 heavy (non-hydrogen) atoms. The van der Waals surface area contributed by atoms with E-state index in [1.54, 1.807) is 6.20 Å². The number of aromatic nitrogens is 3. The average molecular weight is 465 g/mol. The lowest BCUT2D eigenvalue weighted by Crippen LogP contribution is -2.12. The monoisotopic (exact) mass is 464 g/mol. The van der Waals surface area contributed by atoms with E-state index in [1.165, 1.54) is 11.5 Å². The van der Waals surface area contributed by atoms with Crippen LogP contribution in [0, 0.1) is 0 Å². The molecule has 0 bridgehead atoms. The summed E-state index contributed by atoms with van der Waals surface area (Å²) < 4.78 is 23.1. The van der Waals surface area contributed by atoms with E-state index < -0.39 is 11.2 Å². The average Bonchev–Trinajstić information content (AvgIpc) is 3.22. The number of rotatable bonds is 7. The Balaban J connectivity index is 1.50. The van der Waals surface area contributed by atoms with Crippen molar-refractivity contribution in [3.63, 3.8) is 0 Å². The number of hydrogen-bond donors (Lipinski definition) is 1. The fourth-order valence-electron chi connectivity index (χ4n) is 3.10. The Bertz CT molecular complexity index is 1180. The van der Waals surface area contributed by atoms with Gasteiger partial charge in [0.1, 0.15) is 11.4 Å². The standard InChI is InChI=1S/C24H24N4O2S2/c1-24(2,3)18-12-7-8-14-20(18)30-22-19(13-9-15-25-22)26-23-27-21(28-31-23)16-32(29)17-10-5-4-6-11-17/h4-15H,16H2,1-3H3,(H,26,27,28). The van der Waals surface area contributed by atoms with Crippen molar-refractivity contribution in [2.45, 2.75) is 36.8 Å². The van der Waals surface area contributed by atoms with Crippen molar-refractivity contribution in [1.82, 2.24) is 14.3 Å². The fraction of sp³-hybridized carbons (Fsp3) is 0.208. The molecule has 0 aliphatic carbocycles. The maximum absolute atomic E-state index is 12.5. The molecule has 8 heteroatoms. The van der Waals surface area contributed by atoms with Gasteiger partial charge in [0, 0.05) is 23.3 Å². The highest BCUT2D eigenvalue weighted by Gasteiger charge is 2.20. The van der Waals surface area contributed by atoms with Crippen LogP contribution in [0.4, 0.5) is 10.8 Å². The minimum absolute atomic E-state index is 0.0680. The lowest BCUT2D eigenvalue weighted by molar-refractivity contribution is 0.442. The molecule has 1 N–H and O–H groups in total. The molecule has 0 saturated heterocycles. The summed E-state index contributed by atoms with van der Waals surface area (Å²) in [5, 5.41) is 3.83. The van der Waals surface area contributed by atoms with E-state index in [0.29, 0.717) is 22.5 Å². The second-order valence-corrected chi connectivity index (χ2v) is 10.4. The zero-order valence-electron chi connectivity index (χ0n) is 18.1. The van der Waals surface area contributed by atoms with Gasteiger partial charge in [-0.05, 0) is 46.9 Å². The molecule has 164 valence electrons. The summed E-state index contributed by atoms with van der Waals surface area (Å²) in [6.45, 7) is 6.44. The normalized spacial score (nSPS) is 12.4. The molecule has 1 unspecified atom stereocenters. The van der Waals surface area contributed by atoms with Crippen LogP contribution in [-0.2, 0) is 22.3 Å². The first-order chi connectivity index (χ1) is 15.4. The van der Waals surface area contributed by atoms with E-state index in [-0.39, 0.29) is 11.2 Å². The molecule has 4 aromatic rings. The van der Waals surface area contributed by atoms with Gasteiger partial charge >= 0.3 is 0 Å². The van der Waals surface area contributed by atoms with E-state index in [1.807, 2.05) is 60.7 Å². The lowest BCUT2D eigenvalue weighted by Gasteiger charge is -2.22. The summed E-state index contributed by atoms with van der Waals surface area (Å²) in [5.74, 6) is 2.01. The van der Waals surface area contributed by atoms with Gasteiger partial charge in [-0.3, -0.25) is 0 Å². The highest BCUT2D eigenvalue weighted by molar-refractivity contribution is 7.90. The van der Waals surface area contributed by atoms with Gasteiger partial charge in [-0.1, -0.05) is 57.2 Å². The lowest BCUT2D eigenvalue weighted by atomic mass is 9.86. The highest BCUT2D eigenvalue weighted by atomic mass is 32.2. The first-order valence-electron chi connectivity index (χ1n) is 10.2. The molecule has 0 fully saturated rings. The Labute approximate surface area is 195 Å². The van der Waals surface area contributed by atoms with Crippen molar-refractivity contribution < 1.29 is 9.29 Å². The summed E-state index contributed by atoms with van der Waals surface area (Å²) in [6.07, 6.45) is 1.69. The summed E-state index contributed by atoms with van der Waals surface area (Å²) >= 11 is 0.0211. The molecule has 2 aromatic carbocycles. The molecule has 0 aliphatic heterocycles. The molecular formula is C24H24N4O2S2. The predicted molar refractivity (Wildman–Crippen MR) is 129 cm³/mol. The zero-order chi connectivity index (χ0) is 22.6. The SMILES string of the molecule is CC(C)(C)c1ccccc1Oc1ncccc1Nc1nc(C[S+]([O-])c2ccccc2)ns1. The van der Waals surface area contributed by atoms with Gasteiger partial charge in [0.05, 0.1) is 0 Å². The van der Waals surface area contributed by atoms with E-state index in [2.05, 4.69) is 46.5 Å². The van der Waals surface area contributed by atoms with Gasteiger partial charge in [0.25, 0.3) is 0 Å². The fourth-order valence-corrected chi connectivity index (χ4v) is 4.77. The third kappa shape index (κ3) is 5.45. The Hall–Kier alpha value is -2.94. The van der Waals surface area contributed by atoms with Crippen LogP contribution in [0.1, 0.15) is 32.2 Å². The van der Waals surface area contributed by atoms with Crippen LogP contribution >= 0.6 is 11.5 Å². The number of ether oxygens (including phenoxy) is 1. The molecule has 0 spiro atoms. The minimum atomic E-state index is -1.19. The Morgan fingerprint density at radius 1 is 1.00 bits per heavy atom. The van der Waals surface area contributed by atoms with E-state index >= 15 is 0 Å². The summed E-state index contributed by atoms with van der Waals surface area (Å²) in [6, 6.07) is 21.0. The summed E-state index contributed by atoms with van der Waals surface area (Å²) in [4.78, 5) is 9.67. The van der Waals surface area contributed by atoms with E-state index in [0.717, 1.165) is 16.2 Å². The largest absolute Gasteiger partial charge is 0.611 e. The smallest absolute Gasteiger partial charge is 0.243 e. The van der Waals surface area contributed by atoms with Crippen LogP contribution in [0.2, 0.25) is 0 Å². The molecule has 4 rings (SSSR count). The number of hydrogen-bond acceptors (Lipinski definition) is 7. The first-order valence-corrected chi connectivity index (χ1v) is 12.2. The van der Waals surface area contributed by atoms with Crippen LogP contribution in [0.15, 0.2) is 77.8 Å². The molecule has 1 atom stereocenters. The van der Waals surface area contributed by atoms with Gasteiger partial charge < -0.3 is 14.6 Å². The maximum Gasteiger partial charge on any atom is 0.243 e. The second-order valence-electron chi connectivity index (χ2n) is 8.15. The van der Waals surface area contributed by atoms with Gasteiger partial charge in [-0.2, -0.15) is 9.36 Å². The van der Waals surface area contributed by atoms with Crippen molar-refractivity contribution in [1.29, 1.82) is 0 Å². The quantitative estimate of drug-likeness (QED) is 0.334. The number of benzene rings is 2. The highest BCUT2D eigenvalue weighted by Crippen LogP contribution is 2.36. The Morgan fingerprint density at radius 2 is 1.75 bits per heavy atom. The van der Waals surface area contributed by atoms with Crippen molar-refractivity contribution >= 4 is 33.5 Å². The summed E-state index contributed by atoms with van der Waals surface area (Å²) in [5.41, 5.74) is 1.71. The third-order valence-electron chi connectivity index (χ3n) is 4.65. The molecule has 0 aliphatic rings. The second kappa shape index (κ2) is 9.68. The van der Waals surface area contributed by atoms with Crippen molar-refractivity contribution in [3.8, 4) is 11.6 Å². The molecule has 2 heterocycles. The van der Waals surface area contributed by atoms with Crippen molar-refractivity contribution in [3.05, 3.63) is 84.3 Å². The molecular weight excluding hydrogens is 440 g/mol. The first kappa shape index (κ1) is 22.3. The van der Waals surface area contributed by atoms with Crippen molar-refractivity contribution in [2.75, 3.05) is 5.32 Å². The number of nitrogens with one attached hydrogen (secondary N) is 1. The van der Waals surface area contributed by atoms with E-state index in [4.69, 9.17) is 4.74 Å². The van der Waals surface area contributed by atoms with Crippen LogP contribution in [0.5, 0.6) is 11.6 Å². The maximum atomic E-state index is 12.5. The van der Waals surface area contributed by atoms with E-state index in [9.17, 15) is 4.55 Å². The van der Waals surface area contributed by atoms with Gasteiger partial charge in [0.15, 0.2) is 16.5 Å². The number of nitrogens with zero attached hydrogens (tertiary/aromatic N) is 3. The minimum Gasteiger partial charge on any atom is -0.611 e. The number of anilines is 2. The molecule has 2 aromatic heterocycles. The van der Waals surface area contributed by atoms with Crippen LogP contribution in [-0.4, -0.2) is 18.9 Å². The van der Waals surface area contributed by atoms with Crippen LogP contribution in [0.25, 0.3) is 0 Å². The Kier molecular flexibility index (Phi) is 6.74. The summed E-state index contributed by atoms with van der Waals surface area (Å²) in [7, 11) is 0. The molecule has 0 saturated carbocycles. The Morgan fingerprint density at radius 3 is 2.53 bits per heavy atom. The van der Waals surface area contributed by atoms with Gasteiger partial charge in [-0.25, -0.2) is 4.98 Å². The molecule has 0 amide bonds. The third-order valence-corrected chi connectivity index (χ3v) is 6.64.